The van der Waals surface area contributed by atoms with Gasteiger partial charge in [-0.1, -0.05) is 24.6 Å². The number of carbonyl (C=O) groups is 2. The Morgan fingerprint density at radius 1 is 1.03 bits per heavy atom. The zero-order valence-electron chi connectivity index (χ0n) is 18.6. The topological polar surface area (TPSA) is 65.5 Å². The monoisotopic (exact) mass is 463 g/mol. The number of ketones is 2. The number of hydrogen-bond donors (Lipinski definition) is 0. The Labute approximate surface area is 198 Å². The first-order valence-electron chi connectivity index (χ1n) is 11.5. The summed E-state index contributed by atoms with van der Waals surface area (Å²) in [5.74, 6) is 0.322. The maximum atomic E-state index is 13.3. The number of halogens is 1. The van der Waals surface area contributed by atoms with Crippen LogP contribution in [0.4, 0.5) is 0 Å². The molecule has 5 rings (SSSR count). The van der Waals surface area contributed by atoms with Crippen LogP contribution in [-0.4, -0.2) is 29.8 Å². The lowest BCUT2D eigenvalue weighted by molar-refractivity contribution is -0.139. The number of rotatable bonds is 4. The zero-order chi connectivity index (χ0) is 23.0. The first-order valence-corrected chi connectivity index (χ1v) is 11.8. The third kappa shape index (κ3) is 4.40. The van der Waals surface area contributed by atoms with Crippen LogP contribution in [0.25, 0.3) is 10.9 Å². The number of nitrogens with zero attached hydrogens (tertiary/aromatic N) is 1. The molecule has 1 aromatic heterocycles. The highest BCUT2D eigenvalue weighted by molar-refractivity contribution is 6.31. The fourth-order valence-corrected chi connectivity index (χ4v) is 5.35. The molecule has 6 heteroatoms. The van der Waals surface area contributed by atoms with E-state index >= 15 is 0 Å². The van der Waals surface area contributed by atoms with E-state index in [-0.39, 0.29) is 17.0 Å². The first-order chi connectivity index (χ1) is 16.0. The van der Waals surface area contributed by atoms with Crippen molar-refractivity contribution >= 4 is 34.1 Å². The van der Waals surface area contributed by atoms with E-state index in [1.807, 2.05) is 43.3 Å². The molecule has 1 saturated carbocycles. The second kappa shape index (κ2) is 8.88. The van der Waals surface area contributed by atoms with Crippen LogP contribution >= 0.6 is 11.6 Å². The molecule has 0 bridgehead atoms. The normalized spacial score (nSPS) is 18.7. The molecule has 3 aromatic rings. The van der Waals surface area contributed by atoms with E-state index in [2.05, 4.69) is 4.98 Å². The molecule has 0 unspecified atom stereocenters. The summed E-state index contributed by atoms with van der Waals surface area (Å²) in [5, 5.41) is 1.58. The van der Waals surface area contributed by atoms with Gasteiger partial charge in [0.05, 0.1) is 5.52 Å². The van der Waals surface area contributed by atoms with Gasteiger partial charge in [-0.15, -0.1) is 0 Å². The number of carbonyl (C=O) groups excluding carboxylic acids is 2. The highest BCUT2D eigenvalue weighted by atomic mass is 35.5. The number of hydrogen-bond acceptors (Lipinski definition) is 5. The molecule has 0 radical (unpaired) electrons. The van der Waals surface area contributed by atoms with Gasteiger partial charge in [-0.05, 0) is 72.2 Å². The predicted molar refractivity (Wildman–Crippen MR) is 127 cm³/mol. The van der Waals surface area contributed by atoms with Gasteiger partial charge in [-0.25, -0.2) is 4.98 Å². The molecule has 1 saturated heterocycles. The van der Waals surface area contributed by atoms with E-state index in [0.717, 1.165) is 41.3 Å². The van der Waals surface area contributed by atoms with E-state index in [0.29, 0.717) is 42.7 Å². The molecule has 2 fully saturated rings. The highest BCUT2D eigenvalue weighted by Gasteiger charge is 2.46. The van der Waals surface area contributed by atoms with Crippen molar-refractivity contribution < 1.29 is 19.1 Å². The fraction of sp³-hybridized carbons (Fsp3) is 0.370. The summed E-state index contributed by atoms with van der Waals surface area (Å²) in [7, 11) is 0. The second-order valence-corrected chi connectivity index (χ2v) is 9.57. The third-order valence-corrected chi connectivity index (χ3v) is 7.19. The Balaban J connectivity index is 1.43. The lowest BCUT2D eigenvalue weighted by Gasteiger charge is -2.41. The molecular formula is C27H26ClNO4. The zero-order valence-corrected chi connectivity index (χ0v) is 19.4. The second-order valence-electron chi connectivity index (χ2n) is 9.13. The van der Waals surface area contributed by atoms with Crippen LogP contribution in [0.3, 0.4) is 0 Å². The Bertz CT molecular complexity index is 1210. The summed E-state index contributed by atoms with van der Waals surface area (Å²) in [6.45, 7) is 3.28. The van der Waals surface area contributed by atoms with Crippen molar-refractivity contribution in [1.82, 2.24) is 4.98 Å². The number of aromatic nitrogens is 1. The summed E-state index contributed by atoms with van der Waals surface area (Å²) in [6, 6.07) is 14.9. The quantitative estimate of drug-likeness (QED) is 0.440. The van der Waals surface area contributed by atoms with Crippen LogP contribution in [0.15, 0.2) is 48.5 Å². The van der Waals surface area contributed by atoms with Gasteiger partial charge in [0.25, 0.3) is 0 Å². The van der Waals surface area contributed by atoms with Gasteiger partial charge in [-0.2, -0.15) is 0 Å². The Morgan fingerprint density at radius 2 is 1.79 bits per heavy atom. The molecule has 33 heavy (non-hydrogen) atoms. The first kappa shape index (κ1) is 22.1. The number of benzene rings is 2. The van der Waals surface area contributed by atoms with Crippen LogP contribution in [-0.2, 0) is 20.7 Å². The van der Waals surface area contributed by atoms with E-state index in [9.17, 15) is 9.59 Å². The van der Waals surface area contributed by atoms with Gasteiger partial charge < -0.3 is 9.47 Å². The molecule has 0 amide bonds. The van der Waals surface area contributed by atoms with Gasteiger partial charge in [0.1, 0.15) is 23.2 Å². The number of pyridine rings is 1. The molecule has 0 N–H and O–H groups in total. The SMILES string of the molecule is CCc1ccc(Oc2ccc3cc(Cl)ccc3n2)cc1C1C(=O)CC2(CCOCC2)CC1=O. The van der Waals surface area contributed by atoms with E-state index in [4.69, 9.17) is 21.1 Å². The van der Waals surface area contributed by atoms with Crippen molar-refractivity contribution in [2.45, 2.75) is 44.9 Å². The van der Waals surface area contributed by atoms with Crippen LogP contribution in [0.5, 0.6) is 11.6 Å². The lowest BCUT2D eigenvalue weighted by Crippen LogP contribution is -2.42. The summed E-state index contributed by atoms with van der Waals surface area (Å²) in [4.78, 5) is 31.1. The van der Waals surface area contributed by atoms with Gasteiger partial charge in [0.2, 0.25) is 5.88 Å². The van der Waals surface area contributed by atoms with Crippen molar-refractivity contribution in [3.05, 3.63) is 64.7 Å². The van der Waals surface area contributed by atoms with Crippen molar-refractivity contribution in [3.8, 4) is 11.6 Å². The van der Waals surface area contributed by atoms with Crippen LogP contribution in [0.1, 0.15) is 49.7 Å². The molecule has 1 aliphatic carbocycles. The van der Waals surface area contributed by atoms with Crippen molar-refractivity contribution in [3.63, 3.8) is 0 Å². The molecule has 1 aliphatic heterocycles. The van der Waals surface area contributed by atoms with E-state index in [1.165, 1.54) is 0 Å². The van der Waals surface area contributed by atoms with Crippen molar-refractivity contribution in [2.75, 3.05) is 13.2 Å². The van der Waals surface area contributed by atoms with Crippen LogP contribution in [0, 0.1) is 5.41 Å². The summed E-state index contributed by atoms with van der Waals surface area (Å²) in [6.07, 6.45) is 3.17. The maximum absolute atomic E-state index is 13.3. The van der Waals surface area contributed by atoms with Crippen molar-refractivity contribution in [2.24, 2.45) is 5.41 Å². The third-order valence-electron chi connectivity index (χ3n) is 6.95. The van der Waals surface area contributed by atoms with Gasteiger partial charge in [0.15, 0.2) is 0 Å². The predicted octanol–water partition coefficient (Wildman–Crippen LogP) is 6.06. The maximum Gasteiger partial charge on any atom is 0.219 e. The van der Waals surface area contributed by atoms with Gasteiger partial charge in [0, 0.05) is 42.5 Å². The Kier molecular flexibility index (Phi) is 5.94. The molecule has 0 atom stereocenters. The standard InChI is InChI=1S/C27H26ClNO4/c1-2-17-3-6-20(33-25-8-4-18-13-19(28)5-7-22(18)29-25)14-21(17)26-23(30)15-27(16-24(26)31)9-11-32-12-10-27/h3-8,13-14,26H,2,9-12,15-16H2,1H3. The van der Waals surface area contributed by atoms with Gasteiger partial charge in [-0.3, -0.25) is 9.59 Å². The number of Topliss-reactive ketones (excluding diaryl/α,β-unsaturated/α-hetero) is 2. The molecule has 1 spiro atoms. The Hall–Kier alpha value is -2.76. The number of ether oxygens (including phenoxy) is 2. The minimum atomic E-state index is -0.719. The van der Waals surface area contributed by atoms with Crippen LogP contribution < -0.4 is 4.74 Å². The average molecular weight is 464 g/mol. The lowest BCUT2D eigenvalue weighted by atomic mass is 9.63. The van der Waals surface area contributed by atoms with Crippen LogP contribution in [0.2, 0.25) is 5.02 Å². The van der Waals surface area contributed by atoms with Crippen molar-refractivity contribution in [1.29, 1.82) is 0 Å². The Morgan fingerprint density at radius 3 is 2.52 bits per heavy atom. The number of aryl methyl sites for hydroxylation is 1. The molecule has 5 nitrogen and oxygen atoms in total. The average Bonchev–Trinajstić information content (AvgIpc) is 2.79. The van der Waals surface area contributed by atoms with E-state index in [1.54, 1.807) is 12.1 Å². The summed E-state index contributed by atoms with van der Waals surface area (Å²) < 4.78 is 11.5. The minimum absolute atomic E-state index is 0.0145. The fourth-order valence-electron chi connectivity index (χ4n) is 5.17. The molecule has 2 heterocycles. The molecule has 170 valence electrons. The minimum Gasteiger partial charge on any atom is -0.439 e. The molecule has 2 aliphatic rings. The smallest absolute Gasteiger partial charge is 0.219 e. The molecular weight excluding hydrogens is 438 g/mol. The highest BCUT2D eigenvalue weighted by Crippen LogP contribution is 2.46. The summed E-state index contributed by atoms with van der Waals surface area (Å²) in [5.41, 5.74) is 2.32. The van der Waals surface area contributed by atoms with Gasteiger partial charge >= 0.3 is 0 Å². The van der Waals surface area contributed by atoms with E-state index < -0.39 is 5.92 Å². The number of fused-ring (bicyclic) bond motifs is 1. The summed E-state index contributed by atoms with van der Waals surface area (Å²) >= 11 is 6.06. The molecule has 2 aromatic carbocycles. The largest absolute Gasteiger partial charge is 0.439 e.